The number of benzene rings is 1. The van der Waals surface area contributed by atoms with Crippen molar-refractivity contribution < 1.29 is 0 Å². The summed E-state index contributed by atoms with van der Waals surface area (Å²) < 4.78 is 1.69. The summed E-state index contributed by atoms with van der Waals surface area (Å²) in [6.07, 6.45) is 1.75. The van der Waals surface area contributed by atoms with E-state index in [0.29, 0.717) is 41.2 Å². The van der Waals surface area contributed by atoms with Gasteiger partial charge in [0, 0.05) is 18.7 Å². The highest BCUT2D eigenvalue weighted by Crippen LogP contribution is 2.22. The van der Waals surface area contributed by atoms with E-state index >= 15 is 0 Å². The number of nitrogens with zero attached hydrogens (tertiary/aromatic N) is 4. The highest BCUT2D eigenvalue weighted by atomic mass is 32.2. The molecule has 1 aromatic carbocycles. The number of hydrogen-bond donors (Lipinski definition) is 0. The van der Waals surface area contributed by atoms with Crippen molar-refractivity contribution in [3.8, 4) is 12.1 Å². The van der Waals surface area contributed by atoms with Crippen LogP contribution in [0.2, 0.25) is 0 Å². The first kappa shape index (κ1) is 17.1. The number of aromatic nitrogens is 2. The average molecular weight is 326 g/mol. The predicted octanol–water partition coefficient (Wildman–Crippen LogP) is 3.34. The molecule has 0 saturated heterocycles. The van der Waals surface area contributed by atoms with Crippen LogP contribution in [0.4, 0.5) is 0 Å². The second-order valence-corrected chi connectivity index (χ2v) is 6.19. The van der Waals surface area contributed by atoms with E-state index in [0.717, 1.165) is 6.42 Å². The van der Waals surface area contributed by atoms with Crippen LogP contribution in [0.3, 0.4) is 0 Å². The van der Waals surface area contributed by atoms with Crippen molar-refractivity contribution >= 4 is 22.7 Å². The quantitative estimate of drug-likeness (QED) is 0.575. The minimum Gasteiger partial charge on any atom is -0.287 e. The van der Waals surface area contributed by atoms with Crippen molar-refractivity contribution in [3.05, 3.63) is 34.6 Å². The molecule has 0 fully saturated rings. The van der Waals surface area contributed by atoms with Gasteiger partial charge in [0.2, 0.25) is 0 Å². The van der Waals surface area contributed by atoms with E-state index in [2.05, 4.69) is 17.1 Å². The molecule has 1 atom stereocenters. The van der Waals surface area contributed by atoms with Gasteiger partial charge in [-0.05, 0) is 25.0 Å². The van der Waals surface area contributed by atoms with Crippen LogP contribution in [0.1, 0.15) is 26.2 Å². The molecule has 0 aliphatic rings. The molecule has 118 valence electrons. The highest BCUT2D eigenvalue weighted by Gasteiger charge is 2.14. The molecule has 2 aromatic rings. The lowest BCUT2D eigenvalue weighted by Crippen LogP contribution is -2.23. The maximum Gasteiger partial charge on any atom is 0.262 e. The molecule has 0 spiro atoms. The molecule has 0 unspecified atom stereocenters. The monoisotopic (exact) mass is 326 g/mol. The largest absolute Gasteiger partial charge is 0.287 e. The summed E-state index contributed by atoms with van der Waals surface area (Å²) in [5.74, 6) is 0.324. The zero-order valence-electron chi connectivity index (χ0n) is 13.0. The van der Waals surface area contributed by atoms with Gasteiger partial charge in [0.15, 0.2) is 5.16 Å². The molecule has 0 N–H and O–H groups in total. The zero-order valence-corrected chi connectivity index (χ0v) is 13.8. The van der Waals surface area contributed by atoms with Gasteiger partial charge in [-0.1, -0.05) is 30.8 Å². The zero-order chi connectivity index (χ0) is 16.7. The topological polar surface area (TPSA) is 82.5 Å². The second kappa shape index (κ2) is 8.36. The van der Waals surface area contributed by atoms with Crippen LogP contribution >= 0.6 is 11.8 Å². The van der Waals surface area contributed by atoms with Crippen LogP contribution in [0.15, 0.2) is 34.2 Å². The molecule has 0 aliphatic carbocycles. The van der Waals surface area contributed by atoms with Gasteiger partial charge in [-0.15, -0.1) is 0 Å². The molecule has 2 rings (SSSR count). The summed E-state index contributed by atoms with van der Waals surface area (Å²) in [7, 11) is 0. The molecule has 5 nitrogen and oxygen atoms in total. The van der Waals surface area contributed by atoms with Crippen LogP contribution in [0, 0.1) is 28.6 Å². The molecular weight excluding hydrogens is 308 g/mol. The molecule has 0 radical (unpaired) electrons. The van der Waals surface area contributed by atoms with Gasteiger partial charge in [-0.3, -0.25) is 9.36 Å². The predicted molar refractivity (Wildman–Crippen MR) is 91.0 cm³/mol. The Morgan fingerprint density at radius 2 is 2.13 bits per heavy atom. The van der Waals surface area contributed by atoms with E-state index in [1.807, 2.05) is 25.1 Å². The molecule has 6 heteroatoms. The smallest absolute Gasteiger partial charge is 0.262 e. The van der Waals surface area contributed by atoms with E-state index in [-0.39, 0.29) is 11.5 Å². The summed E-state index contributed by atoms with van der Waals surface area (Å²) in [6, 6.07) is 11.6. The minimum absolute atomic E-state index is 0.0366. The van der Waals surface area contributed by atoms with Crippen LogP contribution < -0.4 is 5.56 Å². The lowest BCUT2D eigenvalue weighted by molar-refractivity contribution is 0.583. The maximum absolute atomic E-state index is 12.6. The van der Waals surface area contributed by atoms with Crippen molar-refractivity contribution in [1.82, 2.24) is 9.55 Å². The van der Waals surface area contributed by atoms with Crippen molar-refractivity contribution in [2.45, 2.75) is 37.9 Å². The van der Waals surface area contributed by atoms with Gasteiger partial charge in [0.25, 0.3) is 5.56 Å². The molecule has 1 heterocycles. The number of para-hydroxylation sites is 1. The summed E-state index contributed by atoms with van der Waals surface area (Å²) >= 11 is 1.42. The highest BCUT2D eigenvalue weighted by molar-refractivity contribution is 7.99. The first-order valence-corrected chi connectivity index (χ1v) is 8.58. The van der Waals surface area contributed by atoms with Crippen LogP contribution in [0.25, 0.3) is 10.9 Å². The maximum atomic E-state index is 12.6. The lowest BCUT2D eigenvalue weighted by atomic mass is 10.1. The Hall–Kier alpha value is -2.31. The Bertz CT molecular complexity index is 816. The van der Waals surface area contributed by atoms with Crippen molar-refractivity contribution in [2.75, 3.05) is 5.75 Å². The van der Waals surface area contributed by atoms with Gasteiger partial charge in [-0.25, -0.2) is 4.98 Å². The molecule has 0 saturated carbocycles. The third-order valence-electron chi connectivity index (χ3n) is 3.47. The number of hydrogen-bond acceptors (Lipinski definition) is 5. The molecule has 1 aromatic heterocycles. The van der Waals surface area contributed by atoms with Crippen LogP contribution in [0.5, 0.6) is 0 Å². The summed E-state index contributed by atoms with van der Waals surface area (Å²) in [5.41, 5.74) is 0.642. The van der Waals surface area contributed by atoms with Crippen molar-refractivity contribution in [1.29, 1.82) is 10.5 Å². The molecule has 0 bridgehead atoms. The summed E-state index contributed by atoms with van der Waals surface area (Å²) in [5, 5.41) is 19.1. The van der Waals surface area contributed by atoms with Gasteiger partial charge >= 0.3 is 0 Å². The van der Waals surface area contributed by atoms with Gasteiger partial charge in [0.05, 0.1) is 29.0 Å². The Balaban J connectivity index is 2.32. The number of rotatable bonds is 7. The van der Waals surface area contributed by atoms with Crippen LogP contribution in [-0.2, 0) is 6.54 Å². The Kier molecular flexibility index (Phi) is 6.19. The van der Waals surface area contributed by atoms with Crippen LogP contribution in [-0.4, -0.2) is 15.3 Å². The second-order valence-electron chi connectivity index (χ2n) is 5.20. The van der Waals surface area contributed by atoms with Crippen molar-refractivity contribution in [2.24, 2.45) is 5.92 Å². The molecule has 23 heavy (non-hydrogen) atoms. The lowest BCUT2D eigenvalue weighted by Gasteiger charge is -2.13. The summed E-state index contributed by atoms with van der Waals surface area (Å²) in [6.45, 7) is 2.62. The Labute approximate surface area is 139 Å². The fourth-order valence-electron chi connectivity index (χ4n) is 2.28. The van der Waals surface area contributed by atoms with E-state index in [9.17, 15) is 4.79 Å². The third kappa shape index (κ3) is 4.12. The van der Waals surface area contributed by atoms with E-state index in [1.54, 1.807) is 10.6 Å². The molecule has 0 amide bonds. The minimum atomic E-state index is -0.210. The number of thioether (sulfide) groups is 1. The average Bonchev–Trinajstić information content (AvgIpc) is 2.58. The fraction of sp³-hybridized carbons (Fsp3) is 0.412. The Morgan fingerprint density at radius 1 is 1.35 bits per heavy atom. The fourth-order valence-corrected chi connectivity index (χ4v) is 3.36. The van der Waals surface area contributed by atoms with Gasteiger partial charge in [0.1, 0.15) is 0 Å². The van der Waals surface area contributed by atoms with E-state index in [1.165, 1.54) is 11.8 Å². The van der Waals surface area contributed by atoms with Gasteiger partial charge in [-0.2, -0.15) is 10.5 Å². The number of fused-ring (bicyclic) bond motifs is 1. The first-order valence-electron chi connectivity index (χ1n) is 7.60. The standard InChI is InChI=1S/C17H18N4OS/c1-2-10-21-16(22)14-7-3-4-8-15(14)20-17(21)23-12-13(11-19)6-5-9-18/h3-4,7-8,13H,2,5-6,10,12H2,1H3/t13-/m1/s1. The Morgan fingerprint density at radius 3 is 2.83 bits per heavy atom. The SMILES string of the molecule is CCCn1c(SC[C@@H](C#N)CCC#N)nc2ccccc2c1=O. The summed E-state index contributed by atoms with van der Waals surface area (Å²) in [4.78, 5) is 17.2. The normalized spacial score (nSPS) is 11.8. The van der Waals surface area contributed by atoms with Gasteiger partial charge < -0.3 is 0 Å². The molecular formula is C17H18N4OS. The first-order chi connectivity index (χ1) is 11.2. The third-order valence-corrected chi connectivity index (χ3v) is 4.61. The molecule has 0 aliphatic heterocycles. The van der Waals surface area contributed by atoms with E-state index < -0.39 is 0 Å². The van der Waals surface area contributed by atoms with Crippen molar-refractivity contribution in [3.63, 3.8) is 0 Å². The number of nitriles is 2. The van der Waals surface area contributed by atoms with E-state index in [4.69, 9.17) is 10.5 Å².